The first kappa shape index (κ1) is 14.6. The van der Waals surface area contributed by atoms with Gasteiger partial charge in [-0.3, -0.25) is 0 Å². The van der Waals surface area contributed by atoms with Crippen molar-refractivity contribution >= 4 is 15.7 Å². The highest BCUT2D eigenvalue weighted by Gasteiger charge is 2.10. The number of primary sulfonamides is 1. The predicted molar refractivity (Wildman–Crippen MR) is 78.0 cm³/mol. The molecule has 1 heterocycles. The van der Waals surface area contributed by atoms with Crippen LogP contribution in [0, 0.1) is 6.92 Å². The number of benzene rings is 1. The molecule has 0 bridgehead atoms. The van der Waals surface area contributed by atoms with Crippen LogP contribution in [0.15, 0.2) is 39.6 Å². The van der Waals surface area contributed by atoms with Gasteiger partial charge in [0.25, 0.3) is 0 Å². The standard InChI is InChI=1S/C14H18N2O3S/c1-3-11-5-6-12(19-11)9-16-14-8-13(20(15,17)18)7-4-10(14)2/h4-8,16H,3,9H2,1-2H3,(H2,15,17,18). The molecule has 0 aliphatic rings. The van der Waals surface area contributed by atoms with Gasteiger partial charge >= 0.3 is 0 Å². The summed E-state index contributed by atoms with van der Waals surface area (Å²) in [7, 11) is -3.69. The fraction of sp³-hybridized carbons (Fsp3) is 0.286. The van der Waals surface area contributed by atoms with Crippen molar-refractivity contribution in [2.75, 3.05) is 5.32 Å². The maximum Gasteiger partial charge on any atom is 0.238 e. The van der Waals surface area contributed by atoms with Gasteiger partial charge in [0.1, 0.15) is 11.5 Å². The number of rotatable bonds is 5. The average molecular weight is 294 g/mol. The van der Waals surface area contributed by atoms with Crippen LogP contribution in [0.25, 0.3) is 0 Å². The molecule has 0 unspecified atom stereocenters. The van der Waals surface area contributed by atoms with Crippen molar-refractivity contribution in [1.82, 2.24) is 0 Å². The minimum absolute atomic E-state index is 0.0966. The Morgan fingerprint density at radius 1 is 1.20 bits per heavy atom. The molecule has 0 amide bonds. The van der Waals surface area contributed by atoms with Crippen LogP contribution >= 0.6 is 0 Å². The third-order valence-corrected chi connectivity index (χ3v) is 3.97. The number of sulfonamides is 1. The quantitative estimate of drug-likeness (QED) is 0.886. The average Bonchev–Trinajstić information content (AvgIpc) is 2.84. The molecule has 0 aliphatic heterocycles. The number of hydrogen-bond acceptors (Lipinski definition) is 4. The molecule has 0 saturated heterocycles. The van der Waals surface area contributed by atoms with Crippen LogP contribution in [0.4, 0.5) is 5.69 Å². The first-order chi connectivity index (χ1) is 9.40. The van der Waals surface area contributed by atoms with Crippen LogP contribution in [-0.2, 0) is 23.0 Å². The summed E-state index contributed by atoms with van der Waals surface area (Å²) in [5.74, 6) is 1.74. The summed E-state index contributed by atoms with van der Waals surface area (Å²) in [5, 5.41) is 8.30. The fourth-order valence-electron chi connectivity index (χ4n) is 1.86. The molecule has 0 saturated carbocycles. The lowest BCUT2D eigenvalue weighted by atomic mass is 10.2. The molecule has 0 spiro atoms. The second-order valence-corrected chi connectivity index (χ2v) is 6.16. The van der Waals surface area contributed by atoms with E-state index >= 15 is 0 Å². The van der Waals surface area contributed by atoms with Gasteiger partial charge in [0.15, 0.2) is 0 Å². The van der Waals surface area contributed by atoms with Crippen molar-refractivity contribution in [2.45, 2.75) is 31.7 Å². The van der Waals surface area contributed by atoms with Crippen molar-refractivity contribution in [2.24, 2.45) is 5.14 Å². The van der Waals surface area contributed by atoms with Gasteiger partial charge in [-0.05, 0) is 36.8 Å². The van der Waals surface area contributed by atoms with Crippen molar-refractivity contribution in [3.05, 3.63) is 47.4 Å². The summed E-state index contributed by atoms with van der Waals surface area (Å²) in [6.45, 7) is 4.42. The monoisotopic (exact) mass is 294 g/mol. The molecule has 20 heavy (non-hydrogen) atoms. The van der Waals surface area contributed by atoms with E-state index in [0.717, 1.165) is 29.2 Å². The van der Waals surface area contributed by atoms with Crippen LogP contribution in [0.5, 0.6) is 0 Å². The second-order valence-electron chi connectivity index (χ2n) is 4.60. The van der Waals surface area contributed by atoms with E-state index in [1.165, 1.54) is 12.1 Å². The molecular formula is C14H18N2O3S. The summed E-state index contributed by atoms with van der Waals surface area (Å²) >= 11 is 0. The maximum atomic E-state index is 11.3. The first-order valence-electron chi connectivity index (χ1n) is 6.35. The fourth-order valence-corrected chi connectivity index (χ4v) is 2.40. The van der Waals surface area contributed by atoms with Gasteiger partial charge in [-0.25, -0.2) is 13.6 Å². The normalized spacial score (nSPS) is 11.6. The van der Waals surface area contributed by atoms with Gasteiger partial charge in [0.05, 0.1) is 11.4 Å². The lowest BCUT2D eigenvalue weighted by molar-refractivity contribution is 0.476. The molecule has 5 nitrogen and oxygen atoms in total. The molecule has 0 atom stereocenters. The predicted octanol–water partition coefficient (Wildman–Crippen LogP) is 2.41. The molecule has 0 aliphatic carbocycles. The van der Waals surface area contributed by atoms with Gasteiger partial charge in [0, 0.05) is 12.1 Å². The zero-order chi connectivity index (χ0) is 14.8. The molecule has 0 radical (unpaired) electrons. The summed E-state index contributed by atoms with van der Waals surface area (Å²) in [6, 6.07) is 8.60. The van der Waals surface area contributed by atoms with E-state index in [2.05, 4.69) is 5.32 Å². The van der Waals surface area contributed by atoms with Crippen molar-refractivity contribution < 1.29 is 12.8 Å². The summed E-state index contributed by atoms with van der Waals surface area (Å²) in [5.41, 5.74) is 1.67. The number of anilines is 1. The van der Waals surface area contributed by atoms with Crippen molar-refractivity contribution in [3.8, 4) is 0 Å². The molecule has 2 aromatic rings. The van der Waals surface area contributed by atoms with Crippen LogP contribution in [0.1, 0.15) is 24.0 Å². The van der Waals surface area contributed by atoms with E-state index in [9.17, 15) is 8.42 Å². The van der Waals surface area contributed by atoms with E-state index < -0.39 is 10.0 Å². The highest BCUT2D eigenvalue weighted by atomic mass is 32.2. The molecule has 3 N–H and O–H groups in total. The van der Waals surface area contributed by atoms with Gasteiger partial charge < -0.3 is 9.73 Å². The zero-order valence-corrected chi connectivity index (χ0v) is 12.3. The third kappa shape index (κ3) is 3.40. The maximum absolute atomic E-state index is 11.3. The highest BCUT2D eigenvalue weighted by Crippen LogP contribution is 2.20. The number of nitrogens with two attached hydrogens (primary N) is 1. The smallest absolute Gasteiger partial charge is 0.238 e. The second kappa shape index (κ2) is 5.68. The van der Waals surface area contributed by atoms with Crippen molar-refractivity contribution in [1.29, 1.82) is 0 Å². The lowest BCUT2D eigenvalue weighted by Gasteiger charge is -2.09. The molecule has 0 fully saturated rings. The minimum Gasteiger partial charge on any atom is -0.464 e. The number of nitrogens with one attached hydrogen (secondary N) is 1. The minimum atomic E-state index is -3.69. The van der Waals surface area contributed by atoms with Gasteiger partial charge in [-0.15, -0.1) is 0 Å². The van der Waals surface area contributed by atoms with E-state index in [1.54, 1.807) is 6.07 Å². The number of aryl methyl sites for hydroxylation is 2. The Morgan fingerprint density at radius 2 is 1.90 bits per heavy atom. The summed E-state index contributed by atoms with van der Waals surface area (Å²) < 4.78 is 28.3. The lowest BCUT2D eigenvalue weighted by Crippen LogP contribution is -2.12. The van der Waals surface area contributed by atoms with Crippen LogP contribution in [-0.4, -0.2) is 8.42 Å². The molecule has 2 rings (SSSR count). The SMILES string of the molecule is CCc1ccc(CNc2cc(S(N)(=O)=O)ccc2C)o1. The zero-order valence-electron chi connectivity index (χ0n) is 11.5. The van der Waals surface area contributed by atoms with Crippen LogP contribution < -0.4 is 10.5 Å². The molecular weight excluding hydrogens is 276 g/mol. The Bertz CT molecular complexity index is 705. The number of furan rings is 1. The highest BCUT2D eigenvalue weighted by molar-refractivity contribution is 7.89. The van der Waals surface area contributed by atoms with Crippen molar-refractivity contribution in [3.63, 3.8) is 0 Å². The van der Waals surface area contributed by atoms with E-state index in [-0.39, 0.29) is 4.90 Å². The Labute approximate surface area is 118 Å². The molecule has 6 heteroatoms. The summed E-state index contributed by atoms with van der Waals surface area (Å²) in [4.78, 5) is 0.0966. The van der Waals surface area contributed by atoms with E-state index in [4.69, 9.17) is 9.56 Å². The Kier molecular flexibility index (Phi) is 4.15. The number of hydrogen-bond donors (Lipinski definition) is 2. The van der Waals surface area contributed by atoms with Gasteiger partial charge in [-0.2, -0.15) is 0 Å². The van der Waals surface area contributed by atoms with Gasteiger partial charge in [0.2, 0.25) is 10.0 Å². The van der Waals surface area contributed by atoms with Crippen LogP contribution in [0.3, 0.4) is 0 Å². The Morgan fingerprint density at radius 3 is 2.50 bits per heavy atom. The topological polar surface area (TPSA) is 85.3 Å². The Balaban J connectivity index is 2.16. The molecule has 1 aromatic heterocycles. The largest absolute Gasteiger partial charge is 0.464 e. The summed E-state index contributed by atoms with van der Waals surface area (Å²) in [6.07, 6.45) is 0.847. The van der Waals surface area contributed by atoms with E-state index in [0.29, 0.717) is 6.54 Å². The third-order valence-electron chi connectivity index (χ3n) is 3.06. The Hall–Kier alpha value is -1.79. The first-order valence-corrected chi connectivity index (χ1v) is 7.89. The molecule has 1 aromatic carbocycles. The van der Waals surface area contributed by atoms with Gasteiger partial charge in [-0.1, -0.05) is 13.0 Å². The van der Waals surface area contributed by atoms with Crippen LogP contribution in [0.2, 0.25) is 0 Å². The molecule has 108 valence electrons. The van der Waals surface area contributed by atoms with E-state index in [1.807, 2.05) is 26.0 Å².